The zero-order valence-electron chi connectivity index (χ0n) is 9.16. The number of amides is 3. The van der Waals surface area contributed by atoms with Crippen LogP contribution >= 0.6 is 11.8 Å². The number of tetrazole rings is 1. The number of carbonyl (C=O) groups excluding carboxylic acids is 2. The van der Waals surface area contributed by atoms with E-state index in [1.165, 1.54) is 11.8 Å². The highest BCUT2D eigenvalue weighted by Crippen LogP contribution is 2.37. The first-order chi connectivity index (χ1) is 8.08. The Morgan fingerprint density at radius 2 is 2.29 bits per heavy atom. The molecule has 0 radical (unpaired) electrons. The number of aromatic nitrogens is 4. The maximum atomic E-state index is 11.5. The fourth-order valence-corrected chi connectivity index (χ4v) is 2.11. The Morgan fingerprint density at radius 1 is 1.59 bits per heavy atom. The van der Waals surface area contributed by atoms with Gasteiger partial charge in [0.25, 0.3) is 0 Å². The minimum absolute atomic E-state index is 0.346. The van der Waals surface area contributed by atoms with Gasteiger partial charge < -0.3 is 5.73 Å². The molecule has 17 heavy (non-hydrogen) atoms. The lowest BCUT2D eigenvalue weighted by atomic mass is 10.4. The number of nitrogens with one attached hydrogen (secondary N) is 1. The molecular formula is C8H12N6O2S. The predicted octanol–water partition coefficient (Wildman–Crippen LogP) is -0.317. The molecule has 3 amide bonds. The molecule has 1 atom stereocenters. The van der Waals surface area contributed by atoms with E-state index >= 15 is 0 Å². The normalized spacial score (nSPS) is 16.5. The molecule has 92 valence electrons. The minimum atomic E-state index is -0.857. The molecule has 1 saturated carbocycles. The monoisotopic (exact) mass is 256 g/mol. The van der Waals surface area contributed by atoms with E-state index in [-0.39, 0.29) is 0 Å². The lowest BCUT2D eigenvalue weighted by molar-refractivity contribution is -0.119. The van der Waals surface area contributed by atoms with Crippen LogP contribution in [0.2, 0.25) is 0 Å². The minimum Gasteiger partial charge on any atom is -0.351 e. The second kappa shape index (κ2) is 4.70. The van der Waals surface area contributed by atoms with Crippen LogP contribution in [0.3, 0.4) is 0 Å². The van der Waals surface area contributed by atoms with Crippen LogP contribution in [0.5, 0.6) is 0 Å². The van der Waals surface area contributed by atoms with Crippen LogP contribution in [0, 0.1) is 0 Å². The predicted molar refractivity (Wildman–Crippen MR) is 59.1 cm³/mol. The second-order valence-corrected chi connectivity index (χ2v) is 5.06. The van der Waals surface area contributed by atoms with E-state index in [0.29, 0.717) is 11.2 Å². The van der Waals surface area contributed by atoms with Crippen LogP contribution in [0.4, 0.5) is 4.79 Å². The summed E-state index contributed by atoms with van der Waals surface area (Å²) in [5, 5.41) is 13.4. The first-order valence-electron chi connectivity index (χ1n) is 5.12. The van der Waals surface area contributed by atoms with Gasteiger partial charge in [-0.1, -0.05) is 11.8 Å². The lowest BCUT2D eigenvalue weighted by Crippen LogP contribution is -2.39. The third kappa shape index (κ3) is 2.93. The molecule has 1 heterocycles. The molecule has 1 fully saturated rings. The molecule has 0 aromatic carbocycles. The summed E-state index contributed by atoms with van der Waals surface area (Å²) in [6, 6.07) is -0.511. The number of primary amides is 1. The molecule has 1 aromatic rings. The van der Waals surface area contributed by atoms with Crippen molar-refractivity contribution in [2.75, 3.05) is 0 Å². The van der Waals surface area contributed by atoms with Gasteiger partial charge in [-0.3, -0.25) is 10.1 Å². The van der Waals surface area contributed by atoms with Gasteiger partial charge >= 0.3 is 6.03 Å². The smallest absolute Gasteiger partial charge is 0.318 e. The van der Waals surface area contributed by atoms with Crippen LogP contribution in [0.15, 0.2) is 5.16 Å². The quantitative estimate of drug-likeness (QED) is 0.713. The third-order valence-corrected chi connectivity index (χ3v) is 3.30. The van der Waals surface area contributed by atoms with E-state index in [2.05, 4.69) is 15.5 Å². The van der Waals surface area contributed by atoms with E-state index < -0.39 is 17.2 Å². The maximum Gasteiger partial charge on any atom is 0.318 e. The van der Waals surface area contributed by atoms with Gasteiger partial charge in [-0.2, -0.15) is 0 Å². The van der Waals surface area contributed by atoms with Crippen molar-refractivity contribution in [2.24, 2.45) is 5.73 Å². The van der Waals surface area contributed by atoms with Gasteiger partial charge in [0.05, 0.1) is 11.3 Å². The molecule has 0 aliphatic heterocycles. The van der Waals surface area contributed by atoms with Gasteiger partial charge in [0.15, 0.2) is 0 Å². The van der Waals surface area contributed by atoms with Crippen LogP contribution in [-0.4, -0.2) is 37.4 Å². The summed E-state index contributed by atoms with van der Waals surface area (Å²) in [6.07, 6.45) is 2.11. The van der Waals surface area contributed by atoms with Crippen LogP contribution < -0.4 is 11.1 Å². The number of hydrogen-bond donors (Lipinski definition) is 2. The highest BCUT2D eigenvalue weighted by atomic mass is 32.2. The number of nitrogens with two attached hydrogens (primary N) is 1. The summed E-state index contributed by atoms with van der Waals surface area (Å²) in [5.74, 6) is -0.451. The summed E-state index contributed by atoms with van der Waals surface area (Å²) in [7, 11) is 0. The Kier molecular flexibility index (Phi) is 3.27. The second-order valence-electron chi connectivity index (χ2n) is 3.75. The van der Waals surface area contributed by atoms with Crippen molar-refractivity contribution < 1.29 is 9.59 Å². The molecule has 1 aliphatic rings. The Bertz CT molecular complexity index is 443. The first-order valence-corrected chi connectivity index (χ1v) is 6.00. The average Bonchev–Trinajstić information content (AvgIpc) is 2.99. The summed E-state index contributed by atoms with van der Waals surface area (Å²) < 4.78 is 1.71. The van der Waals surface area contributed by atoms with Crippen molar-refractivity contribution in [1.29, 1.82) is 0 Å². The molecule has 1 aromatic heterocycles. The van der Waals surface area contributed by atoms with Gasteiger partial charge in [-0.25, -0.2) is 9.48 Å². The SMILES string of the molecule is C[C@H](Sc1nnnn1C1CC1)C(=O)NC(N)=O. The van der Waals surface area contributed by atoms with E-state index in [1.54, 1.807) is 11.6 Å². The number of thioether (sulfide) groups is 1. The summed E-state index contributed by atoms with van der Waals surface area (Å²) in [6.45, 7) is 1.66. The van der Waals surface area contributed by atoms with Crippen molar-refractivity contribution >= 4 is 23.7 Å². The van der Waals surface area contributed by atoms with Gasteiger partial charge in [0, 0.05) is 0 Å². The number of carbonyl (C=O) groups is 2. The molecule has 3 N–H and O–H groups in total. The van der Waals surface area contributed by atoms with Crippen LogP contribution in [0.25, 0.3) is 0 Å². The molecular weight excluding hydrogens is 244 g/mol. The Morgan fingerprint density at radius 3 is 2.88 bits per heavy atom. The highest BCUT2D eigenvalue weighted by molar-refractivity contribution is 8.00. The number of hydrogen-bond acceptors (Lipinski definition) is 6. The number of rotatable bonds is 4. The lowest BCUT2D eigenvalue weighted by Gasteiger charge is -2.09. The summed E-state index contributed by atoms with van der Waals surface area (Å²) in [5.41, 5.74) is 4.87. The van der Waals surface area contributed by atoms with E-state index in [0.717, 1.165) is 12.8 Å². The van der Waals surface area contributed by atoms with Gasteiger partial charge in [0.1, 0.15) is 0 Å². The molecule has 1 aliphatic carbocycles. The zero-order chi connectivity index (χ0) is 12.4. The summed E-state index contributed by atoms with van der Waals surface area (Å²) >= 11 is 1.20. The number of urea groups is 1. The van der Waals surface area contributed by atoms with Crippen molar-refractivity contribution in [1.82, 2.24) is 25.5 Å². The van der Waals surface area contributed by atoms with Crippen molar-refractivity contribution in [3.8, 4) is 0 Å². The third-order valence-electron chi connectivity index (χ3n) is 2.25. The molecule has 0 spiro atoms. The topological polar surface area (TPSA) is 116 Å². The molecule has 2 rings (SSSR count). The van der Waals surface area contributed by atoms with Crippen LogP contribution in [-0.2, 0) is 4.79 Å². The Hall–Kier alpha value is -1.64. The van der Waals surface area contributed by atoms with E-state index in [1.807, 2.05) is 5.32 Å². The van der Waals surface area contributed by atoms with Gasteiger partial charge in [-0.05, 0) is 30.2 Å². The zero-order valence-corrected chi connectivity index (χ0v) is 9.98. The molecule has 0 bridgehead atoms. The van der Waals surface area contributed by atoms with Crippen LogP contribution in [0.1, 0.15) is 25.8 Å². The van der Waals surface area contributed by atoms with Gasteiger partial charge in [-0.15, -0.1) is 5.10 Å². The molecule has 9 heteroatoms. The molecule has 0 saturated heterocycles. The van der Waals surface area contributed by atoms with Crippen molar-refractivity contribution in [3.05, 3.63) is 0 Å². The first kappa shape index (κ1) is 11.8. The standard InChI is InChI=1S/C8H12N6O2S/c1-4(6(15)10-7(9)16)17-8-11-12-13-14(8)5-2-3-5/h4-5H,2-3H2,1H3,(H3,9,10,15,16)/t4-/m0/s1. The molecule has 0 unspecified atom stereocenters. The average molecular weight is 256 g/mol. The Labute approximate surface area is 101 Å². The number of nitrogens with zero attached hydrogens (tertiary/aromatic N) is 4. The maximum absolute atomic E-state index is 11.5. The van der Waals surface area contributed by atoms with Crippen molar-refractivity contribution in [2.45, 2.75) is 36.2 Å². The largest absolute Gasteiger partial charge is 0.351 e. The van der Waals surface area contributed by atoms with E-state index in [4.69, 9.17) is 5.73 Å². The molecule has 8 nitrogen and oxygen atoms in total. The van der Waals surface area contributed by atoms with Crippen molar-refractivity contribution in [3.63, 3.8) is 0 Å². The fraction of sp³-hybridized carbons (Fsp3) is 0.625. The summed E-state index contributed by atoms with van der Waals surface area (Å²) in [4.78, 5) is 22.0. The number of imide groups is 1. The van der Waals surface area contributed by atoms with Gasteiger partial charge in [0.2, 0.25) is 11.1 Å². The fourth-order valence-electron chi connectivity index (χ4n) is 1.25. The highest BCUT2D eigenvalue weighted by Gasteiger charge is 2.29. The van der Waals surface area contributed by atoms with E-state index in [9.17, 15) is 9.59 Å². The Balaban J connectivity index is 1.97.